The molecule has 0 aliphatic heterocycles. The number of nitriles is 1. The van der Waals surface area contributed by atoms with E-state index in [2.05, 4.69) is 18.3 Å². The number of aryl methyl sites for hydroxylation is 1. The van der Waals surface area contributed by atoms with Gasteiger partial charge in [-0.15, -0.1) is 0 Å². The highest BCUT2D eigenvalue weighted by Gasteiger charge is 2.26. The summed E-state index contributed by atoms with van der Waals surface area (Å²) in [7, 11) is 0. The van der Waals surface area contributed by atoms with E-state index < -0.39 is 11.9 Å². The summed E-state index contributed by atoms with van der Waals surface area (Å²) < 4.78 is 5.41. The van der Waals surface area contributed by atoms with Crippen molar-refractivity contribution in [1.29, 1.82) is 5.26 Å². The Bertz CT molecular complexity index is 1180. The number of para-hydroxylation sites is 1. The Hall–Kier alpha value is -3.72. The molecule has 3 aromatic rings. The van der Waals surface area contributed by atoms with Gasteiger partial charge in [-0.2, -0.15) is 5.26 Å². The molecule has 0 radical (unpaired) electrons. The van der Waals surface area contributed by atoms with Crippen molar-refractivity contribution in [2.45, 2.75) is 32.6 Å². The van der Waals surface area contributed by atoms with Crippen LogP contribution in [0.15, 0.2) is 48.5 Å². The molecule has 1 unspecified atom stereocenters. The first-order valence-electron chi connectivity index (χ1n) is 10.4. The Balaban J connectivity index is 1.50. The molecule has 0 fully saturated rings. The van der Waals surface area contributed by atoms with E-state index in [1.807, 2.05) is 24.3 Å². The van der Waals surface area contributed by atoms with E-state index in [-0.39, 0.29) is 6.61 Å². The molecular weight excluding hydrogens is 390 g/mol. The van der Waals surface area contributed by atoms with Gasteiger partial charge in [0, 0.05) is 16.8 Å². The minimum Gasteiger partial charge on any atom is -0.452 e. The Kier molecular flexibility index (Phi) is 5.94. The minimum absolute atomic E-state index is 0.314. The maximum Gasteiger partial charge on any atom is 0.339 e. The van der Waals surface area contributed by atoms with E-state index >= 15 is 0 Å². The van der Waals surface area contributed by atoms with Gasteiger partial charge in [0.25, 0.3) is 5.91 Å². The number of fused-ring (bicyclic) bond motifs is 2. The number of ether oxygens (including phenoxy) is 1. The van der Waals surface area contributed by atoms with Crippen LogP contribution in [0.2, 0.25) is 0 Å². The molecule has 0 bridgehead atoms. The molecule has 0 saturated carbocycles. The second-order valence-electron chi connectivity index (χ2n) is 7.93. The first-order valence-corrected chi connectivity index (χ1v) is 10.4. The number of carbonyl (C=O) groups is 2. The highest BCUT2D eigenvalue weighted by Crippen LogP contribution is 2.32. The molecule has 6 nitrogen and oxygen atoms in total. The number of nitrogens with zero attached hydrogens (tertiary/aromatic N) is 2. The van der Waals surface area contributed by atoms with Gasteiger partial charge in [-0.05, 0) is 54.5 Å². The number of pyridine rings is 1. The standard InChI is InChI=1S/C25H23N3O3/c1-16-6-11-22-20(14-16)24(19-4-2-3-5-21(19)28-22)25(30)31-15-23(29)27-18-9-7-17(8-10-18)12-13-26/h2-5,7-10,16H,6,11-12,14-15H2,1H3,(H,27,29). The molecule has 1 aliphatic rings. The molecule has 1 aromatic heterocycles. The lowest BCUT2D eigenvalue weighted by molar-refractivity contribution is -0.119. The number of hydrogen-bond donors (Lipinski definition) is 1. The number of carbonyl (C=O) groups excluding carboxylic acids is 2. The first kappa shape index (κ1) is 20.5. The third kappa shape index (κ3) is 4.56. The zero-order valence-electron chi connectivity index (χ0n) is 17.4. The van der Waals surface area contributed by atoms with Crippen molar-refractivity contribution in [1.82, 2.24) is 4.98 Å². The number of aromatic nitrogens is 1. The lowest BCUT2D eigenvalue weighted by atomic mass is 9.84. The fourth-order valence-corrected chi connectivity index (χ4v) is 3.99. The van der Waals surface area contributed by atoms with Gasteiger partial charge in [0.2, 0.25) is 0 Å². The predicted molar refractivity (Wildman–Crippen MR) is 118 cm³/mol. The third-order valence-electron chi connectivity index (χ3n) is 5.56. The molecule has 31 heavy (non-hydrogen) atoms. The lowest BCUT2D eigenvalue weighted by Gasteiger charge is -2.24. The molecule has 6 heteroatoms. The molecular formula is C25H23N3O3. The van der Waals surface area contributed by atoms with Crippen molar-refractivity contribution in [3.63, 3.8) is 0 Å². The second kappa shape index (κ2) is 8.97. The second-order valence-corrected chi connectivity index (χ2v) is 7.93. The molecule has 1 atom stereocenters. The van der Waals surface area contributed by atoms with Crippen LogP contribution in [-0.4, -0.2) is 23.5 Å². The number of nitrogens with one attached hydrogen (secondary N) is 1. The number of rotatable bonds is 5. The summed E-state index contributed by atoms with van der Waals surface area (Å²) in [5.41, 5.74) is 4.64. The largest absolute Gasteiger partial charge is 0.452 e. The van der Waals surface area contributed by atoms with Gasteiger partial charge in [-0.25, -0.2) is 4.79 Å². The summed E-state index contributed by atoms with van der Waals surface area (Å²) in [6, 6.07) is 16.6. The molecule has 4 rings (SSSR count). The van der Waals surface area contributed by atoms with Crippen molar-refractivity contribution < 1.29 is 14.3 Å². The first-order chi connectivity index (χ1) is 15.0. The van der Waals surface area contributed by atoms with E-state index in [1.54, 1.807) is 24.3 Å². The van der Waals surface area contributed by atoms with Crippen LogP contribution >= 0.6 is 0 Å². The van der Waals surface area contributed by atoms with Gasteiger partial charge in [0.1, 0.15) is 0 Å². The monoisotopic (exact) mass is 413 g/mol. The molecule has 1 heterocycles. The summed E-state index contributed by atoms with van der Waals surface area (Å²) in [4.78, 5) is 30.1. The van der Waals surface area contributed by atoms with Crippen LogP contribution in [0.5, 0.6) is 0 Å². The molecule has 0 saturated heterocycles. The summed E-state index contributed by atoms with van der Waals surface area (Å²) in [6.07, 6.45) is 2.97. The van der Waals surface area contributed by atoms with Crippen LogP contribution in [0.3, 0.4) is 0 Å². The van der Waals surface area contributed by atoms with E-state index in [1.165, 1.54) is 0 Å². The molecule has 1 aliphatic carbocycles. The van der Waals surface area contributed by atoms with Crippen molar-refractivity contribution in [3.8, 4) is 6.07 Å². The van der Waals surface area contributed by atoms with E-state index in [9.17, 15) is 9.59 Å². The zero-order chi connectivity index (χ0) is 21.8. The quantitative estimate of drug-likeness (QED) is 0.632. The lowest BCUT2D eigenvalue weighted by Crippen LogP contribution is -2.23. The van der Waals surface area contributed by atoms with Crippen LogP contribution < -0.4 is 5.32 Å². The summed E-state index contributed by atoms with van der Waals surface area (Å²) in [5, 5.41) is 12.2. The Morgan fingerprint density at radius 1 is 1.19 bits per heavy atom. The predicted octanol–water partition coefficient (Wildman–Crippen LogP) is 4.22. The van der Waals surface area contributed by atoms with Crippen molar-refractivity contribution >= 4 is 28.5 Å². The maximum atomic E-state index is 13.1. The summed E-state index contributed by atoms with van der Waals surface area (Å²) >= 11 is 0. The molecule has 156 valence electrons. The Morgan fingerprint density at radius 3 is 2.74 bits per heavy atom. The molecule has 2 aromatic carbocycles. The van der Waals surface area contributed by atoms with Gasteiger partial charge < -0.3 is 10.1 Å². The van der Waals surface area contributed by atoms with E-state index in [4.69, 9.17) is 15.0 Å². The number of hydrogen-bond acceptors (Lipinski definition) is 5. The van der Waals surface area contributed by atoms with Gasteiger partial charge in [-0.1, -0.05) is 37.3 Å². The van der Waals surface area contributed by atoms with Crippen molar-refractivity contribution in [3.05, 3.63) is 70.9 Å². The summed E-state index contributed by atoms with van der Waals surface area (Å²) in [5.74, 6) is -0.445. The zero-order valence-corrected chi connectivity index (χ0v) is 17.4. The number of esters is 1. The molecule has 0 spiro atoms. The van der Waals surface area contributed by atoms with E-state index in [0.717, 1.165) is 47.0 Å². The SMILES string of the molecule is CC1CCc2nc3ccccc3c(C(=O)OCC(=O)Nc3ccc(CC#N)cc3)c2C1. The van der Waals surface area contributed by atoms with Crippen LogP contribution in [-0.2, 0) is 28.8 Å². The maximum absolute atomic E-state index is 13.1. The van der Waals surface area contributed by atoms with Crippen LogP contribution in [0.1, 0.15) is 40.5 Å². The Morgan fingerprint density at radius 2 is 1.97 bits per heavy atom. The van der Waals surface area contributed by atoms with Gasteiger partial charge >= 0.3 is 5.97 Å². The highest BCUT2D eigenvalue weighted by atomic mass is 16.5. The van der Waals surface area contributed by atoms with Gasteiger partial charge in [-0.3, -0.25) is 9.78 Å². The highest BCUT2D eigenvalue weighted by molar-refractivity contribution is 6.06. The molecule has 1 amide bonds. The third-order valence-corrected chi connectivity index (χ3v) is 5.56. The normalized spacial score (nSPS) is 15.0. The Labute approximate surface area is 180 Å². The van der Waals surface area contributed by atoms with Gasteiger partial charge in [0.15, 0.2) is 6.61 Å². The van der Waals surface area contributed by atoms with Crippen LogP contribution in [0.25, 0.3) is 10.9 Å². The van der Waals surface area contributed by atoms with E-state index in [0.29, 0.717) is 23.6 Å². The smallest absolute Gasteiger partial charge is 0.339 e. The average Bonchev–Trinajstić information content (AvgIpc) is 2.77. The number of benzene rings is 2. The topological polar surface area (TPSA) is 92.1 Å². The number of amides is 1. The van der Waals surface area contributed by atoms with Gasteiger partial charge in [0.05, 0.1) is 23.6 Å². The van der Waals surface area contributed by atoms with Crippen LogP contribution in [0, 0.1) is 17.2 Å². The fourth-order valence-electron chi connectivity index (χ4n) is 3.99. The average molecular weight is 413 g/mol. The molecule has 1 N–H and O–H groups in total. The summed E-state index contributed by atoms with van der Waals surface area (Å²) in [6.45, 7) is 1.79. The van der Waals surface area contributed by atoms with Crippen LogP contribution in [0.4, 0.5) is 5.69 Å². The number of anilines is 1. The fraction of sp³-hybridized carbons (Fsp3) is 0.280. The van der Waals surface area contributed by atoms with Crippen molar-refractivity contribution in [2.24, 2.45) is 5.92 Å². The van der Waals surface area contributed by atoms with Crippen molar-refractivity contribution in [2.75, 3.05) is 11.9 Å². The minimum atomic E-state index is -0.497.